The first-order valence-electron chi connectivity index (χ1n) is 7.54. The Balaban J connectivity index is 2.12. The second kappa shape index (κ2) is 6.77. The molecule has 0 atom stereocenters. The largest absolute Gasteiger partial charge is 0.457 e. The van der Waals surface area contributed by atoms with Gasteiger partial charge in [0.25, 0.3) is 0 Å². The lowest BCUT2D eigenvalue weighted by molar-refractivity contribution is 0.474. The van der Waals surface area contributed by atoms with Crippen LogP contribution >= 0.6 is 0 Å². The van der Waals surface area contributed by atoms with E-state index in [1.807, 2.05) is 12.1 Å². The van der Waals surface area contributed by atoms with Gasteiger partial charge in [-0.05, 0) is 55.2 Å². The Morgan fingerprint density at radius 1 is 0.905 bits per heavy atom. The summed E-state index contributed by atoms with van der Waals surface area (Å²) in [6.45, 7) is 11.5. The average molecular weight is 283 g/mol. The summed E-state index contributed by atoms with van der Waals surface area (Å²) < 4.78 is 6.08. The van der Waals surface area contributed by atoms with Crippen molar-refractivity contribution in [3.8, 4) is 11.5 Å². The van der Waals surface area contributed by atoms with E-state index in [0.29, 0.717) is 6.04 Å². The molecule has 2 nitrogen and oxygen atoms in total. The Kier molecular flexibility index (Phi) is 5.03. The van der Waals surface area contributed by atoms with Crippen LogP contribution in [0.5, 0.6) is 11.5 Å². The van der Waals surface area contributed by atoms with Crippen LogP contribution < -0.4 is 10.1 Å². The highest BCUT2D eigenvalue weighted by Crippen LogP contribution is 2.30. The highest BCUT2D eigenvalue weighted by atomic mass is 16.5. The van der Waals surface area contributed by atoms with Crippen molar-refractivity contribution in [1.82, 2.24) is 5.32 Å². The molecular formula is C19H25NO. The number of aryl methyl sites for hydroxylation is 2. The van der Waals surface area contributed by atoms with Gasteiger partial charge in [0.05, 0.1) is 0 Å². The summed E-state index contributed by atoms with van der Waals surface area (Å²) in [4.78, 5) is 0. The normalized spacial score (nSPS) is 11.0. The van der Waals surface area contributed by atoms with Crippen molar-refractivity contribution in [2.24, 2.45) is 0 Å². The van der Waals surface area contributed by atoms with E-state index in [1.54, 1.807) is 0 Å². The van der Waals surface area contributed by atoms with Gasteiger partial charge >= 0.3 is 0 Å². The number of benzene rings is 2. The molecule has 0 heterocycles. The van der Waals surface area contributed by atoms with E-state index < -0.39 is 0 Å². The SMILES string of the molecule is Cc1ccc(C)c(Oc2ccc(CNC(C)C)cc2)c1C. The van der Waals surface area contributed by atoms with Gasteiger partial charge in [-0.15, -0.1) is 0 Å². The summed E-state index contributed by atoms with van der Waals surface area (Å²) in [5.41, 5.74) is 4.91. The standard InChI is InChI=1S/C19H25NO/c1-13(2)20-12-17-8-10-18(11-9-17)21-19-15(4)7-6-14(3)16(19)5/h6-11,13,20H,12H2,1-5H3. The first-order chi connectivity index (χ1) is 9.97. The Hall–Kier alpha value is -1.80. The molecule has 0 bridgehead atoms. The number of hydrogen-bond donors (Lipinski definition) is 1. The van der Waals surface area contributed by atoms with Crippen LogP contribution in [0.4, 0.5) is 0 Å². The molecule has 21 heavy (non-hydrogen) atoms. The maximum atomic E-state index is 6.08. The highest BCUT2D eigenvalue weighted by molar-refractivity contribution is 5.47. The Morgan fingerprint density at radius 2 is 1.52 bits per heavy atom. The highest BCUT2D eigenvalue weighted by Gasteiger charge is 2.07. The minimum Gasteiger partial charge on any atom is -0.457 e. The number of hydrogen-bond acceptors (Lipinski definition) is 2. The van der Waals surface area contributed by atoms with E-state index in [9.17, 15) is 0 Å². The fraction of sp³-hybridized carbons (Fsp3) is 0.368. The summed E-state index contributed by atoms with van der Waals surface area (Å²) >= 11 is 0. The summed E-state index contributed by atoms with van der Waals surface area (Å²) in [5, 5.41) is 3.42. The summed E-state index contributed by atoms with van der Waals surface area (Å²) in [6, 6.07) is 13.1. The molecule has 0 radical (unpaired) electrons. The second-order valence-electron chi connectivity index (χ2n) is 5.94. The van der Waals surface area contributed by atoms with Gasteiger partial charge in [0, 0.05) is 12.6 Å². The van der Waals surface area contributed by atoms with Crippen molar-refractivity contribution in [3.05, 3.63) is 58.7 Å². The molecule has 2 aromatic carbocycles. The van der Waals surface area contributed by atoms with Gasteiger partial charge in [-0.3, -0.25) is 0 Å². The lowest BCUT2D eigenvalue weighted by atomic mass is 10.1. The van der Waals surface area contributed by atoms with Gasteiger partial charge in [-0.2, -0.15) is 0 Å². The summed E-state index contributed by atoms with van der Waals surface area (Å²) in [6.07, 6.45) is 0. The first-order valence-corrected chi connectivity index (χ1v) is 7.54. The zero-order chi connectivity index (χ0) is 15.4. The van der Waals surface area contributed by atoms with E-state index in [1.165, 1.54) is 22.3 Å². The third kappa shape index (κ3) is 4.08. The van der Waals surface area contributed by atoms with E-state index in [-0.39, 0.29) is 0 Å². The molecule has 0 aliphatic rings. The molecule has 2 heteroatoms. The monoisotopic (exact) mass is 283 g/mol. The van der Waals surface area contributed by atoms with E-state index in [0.717, 1.165) is 18.0 Å². The van der Waals surface area contributed by atoms with Crippen molar-refractivity contribution in [2.45, 2.75) is 47.2 Å². The smallest absolute Gasteiger partial charge is 0.133 e. The van der Waals surface area contributed by atoms with Crippen LogP contribution in [0.25, 0.3) is 0 Å². The number of rotatable bonds is 5. The van der Waals surface area contributed by atoms with E-state index in [4.69, 9.17) is 4.74 Å². The van der Waals surface area contributed by atoms with Crippen molar-refractivity contribution in [1.29, 1.82) is 0 Å². The van der Waals surface area contributed by atoms with Crippen LogP contribution in [0.2, 0.25) is 0 Å². The molecule has 1 N–H and O–H groups in total. The van der Waals surface area contributed by atoms with E-state index >= 15 is 0 Å². The molecule has 0 fully saturated rings. The molecule has 0 amide bonds. The molecule has 0 saturated carbocycles. The predicted octanol–water partition coefficient (Wildman–Crippen LogP) is 4.90. The third-order valence-electron chi connectivity index (χ3n) is 3.73. The molecule has 0 aliphatic heterocycles. The van der Waals surface area contributed by atoms with Crippen molar-refractivity contribution in [2.75, 3.05) is 0 Å². The topological polar surface area (TPSA) is 21.3 Å². The van der Waals surface area contributed by atoms with Crippen molar-refractivity contribution >= 4 is 0 Å². The van der Waals surface area contributed by atoms with Crippen molar-refractivity contribution in [3.63, 3.8) is 0 Å². The quantitative estimate of drug-likeness (QED) is 0.842. The Bertz CT molecular complexity index is 600. The Morgan fingerprint density at radius 3 is 2.14 bits per heavy atom. The minimum absolute atomic E-state index is 0.499. The van der Waals surface area contributed by atoms with Crippen LogP contribution in [0.15, 0.2) is 36.4 Å². The minimum atomic E-state index is 0.499. The summed E-state index contributed by atoms with van der Waals surface area (Å²) in [5.74, 6) is 1.86. The molecular weight excluding hydrogens is 258 g/mol. The fourth-order valence-electron chi connectivity index (χ4n) is 2.20. The molecule has 2 rings (SSSR count). The number of nitrogens with one attached hydrogen (secondary N) is 1. The lowest BCUT2D eigenvalue weighted by Crippen LogP contribution is -2.21. The third-order valence-corrected chi connectivity index (χ3v) is 3.73. The van der Waals surface area contributed by atoms with Gasteiger partial charge in [0.1, 0.15) is 11.5 Å². The number of ether oxygens (including phenoxy) is 1. The average Bonchev–Trinajstić information content (AvgIpc) is 2.47. The molecule has 0 saturated heterocycles. The molecule has 0 spiro atoms. The fourth-order valence-corrected chi connectivity index (χ4v) is 2.20. The van der Waals surface area contributed by atoms with Crippen LogP contribution in [-0.4, -0.2) is 6.04 Å². The maximum Gasteiger partial charge on any atom is 0.133 e. The van der Waals surface area contributed by atoms with Crippen LogP contribution in [0, 0.1) is 20.8 Å². The van der Waals surface area contributed by atoms with Crippen LogP contribution in [0.3, 0.4) is 0 Å². The van der Waals surface area contributed by atoms with E-state index in [2.05, 4.69) is 64.2 Å². The van der Waals surface area contributed by atoms with Gasteiger partial charge in [0.15, 0.2) is 0 Å². The zero-order valence-corrected chi connectivity index (χ0v) is 13.7. The molecule has 0 aromatic heterocycles. The van der Waals surface area contributed by atoms with Crippen molar-refractivity contribution < 1.29 is 4.74 Å². The van der Waals surface area contributed by atoms with Gasteiger partial charge in [-0.1, -0.05) is 38.1 Å². The summed E-state index contributed by atoms with van der Waals surface area (Å²) in [7, 11) is 0. The molecule has 112 valence electrons. The lowest BCUT2D eigenvalue weighted by Gasteiger charge is -2.14. The van der Waals surface area contributed by atoms with Crippen LogP contribution in [-0.2, 0) is 6.54 Å². The molecule has 0 unspecified atom stereocenters. The van der Waals surface area contributed by atoms with Gasteiger partial charge < -0.3 is 10.1 Å². The second-order valence-corrected chi connectivity index (χ2v) is 5.94. The molecule has 0 aliphatic carbocycles. The van der Waals surface area contributed by atoms with Crippen LogP contribution in [0.1, 0.15) is 36.1 Å². The maximum absolute atomic E-state index is 6.08. The van der Waals surface area contributed by atoms with Gasteiger partial charge in [0.2, 0.25) is 0 Å². The molecule has 2 aromatic rings. The predicted molar refractivity (Wildman–Crippen MR) is 89.1 cm³/mol. The van der Waals surface area contributed by atoms with Gasteiger partial charge in [-0.25, -0.2) is 0 Å². The first kappa shape index (κ1) is 15.6. The zero-order valence-electron chi connectivity index (χ0n) is 13.7. The Labute approximate surface area is 128 Å².